The zero-order valence-corrected chi connectivity index (χ0v) is 17.3. The molecule has 0 spiro atoms. The zero-order valence-electron chi connectivity index (χ0n) is 17.3. The Labute approximate surface area is 165 Å². The average molecular weight is 365 g/mol. The molecule has 1 heterocycles. The molecule has 27 heavy (non-hydrogen) atoms. The van der Waals surface area contributed by atoms with Gasteiger partial charge in [-0.1, -0.05) is 83.1 Å². The highest BCUT2D eigenvalue weighted by atomic mass is 15.1. The van der Waals surface area contributed by atoms with Gasteiger partial charge in [0.15, 0.2) is 0 Å². The van der Waals surface area contributed by atoms with Gasteiger partial charge in [-0.2, -0.15) is 10.2 Å². The molecule has 0 aliphatic heterocycles. The van der Waals surface area contributed by atoms with Crippen molar-refractivity contribution < 1.29 is 0 Å². The Hall–Kier alpha value is -1.70. The van der Waals surface area contributed by atoms with Gasteiger partial charge in [0, 0.05) is 5.56 Å². The molecule has 0 atom stereocenters. The van der Waals surface area contributed by atoms with Gasteiger partial charge < -0.3 is 0 Å². The molecule has 0 N–H and O–H groups in total. The van der Waals surface area contributed by atoms with Crippen LogP contribution in [0.1, 0.15) is 82.9 Å². The van der Waals surface area contributed by atoms with Crippen LogP contribution in [0.5, 0.6) is 0 Å². The first-order valence-electron chi connectivity index (χ1n) is 11.2. The largest absolute Gasteiger partial charge is 0.155 e. The number of hydrogen-bond acceptors (Lipinski definition) is 2. The Bertz CT molecular complexity index is 652. The SMILES string of the molecule is CCCCc1ccc(-c2ccc(CCC3CCC(CCC)CC3)nn2)cc1. The molecule has 2 aromatic rings. The van der Waals surface area contributed by atoms with Gasteiger partial charge in [0.25, 0.3) is 0 Å². The number of rotatable bonds is 9. The van der Waals surface area contributed by atoms with E-state index in [1.807, 2.05) is 0 Å². The summed E-state index contributed by atoms with van der Waals surface area (Å²) in [6.07, 6.45) is 14.5. The van der Waals surface area contributed by atoms with E-state index in [4.69, 9.17) is 0 Å². The van der Waals surface area contributed by atoms with Crippen LogP contribution in [0.15, 0.2) is 36.4 Å². The second-order valence-electron chi connectivity index (χ2n) is 8.42. The number of hydrogen-bond donors (Lipinski definition) is 0. The van der Waals surface area contributed by atoms with E-state index in [1.54, 1.807) is 0 Å². The normalized spacial score (nSPS) is 19.9. The fraction of sp³-hybridized carbons (Fsp3) is 0.600. The lowest BCUT2D eigenvalue weighted by Crippen LogP contribution is -2.15. The van der Waals surface area contributed by atoms with Crippen LogP contribution in [-0.2, 0) is 12.8 Å². The van der Waals surface area contributed by atoms with Crippen LogP contribution >= 0.6 is 0 Å². The van der Waals surface area contributed by atoms with E-state index in [-0.39, 0.29) is 0 Å². The zero-order chi connectivity index (χ0) is 18.9. The maximum absolute atomic E-state index is 4.51. The minimum atomic E-state index is 0.898. The maximum atomic E-state index is 4.51. The Morgan fingerprint density at radius 2 is 1.44 bits per heavy atom. The first-order valence-corrected chi connectivity index (χ1v) is 11.2. The molecule has 1 aromatic heterocycles. The lowest BCUT2D eigenvalue weighted by Gasteiger charge is -2.28. The number of aromatic nitrogens is 2. The number of unbranched alkanes of at least 4 members (excludes halogenated alkanes) is 1. The maximum Gasteiger partial charge on any atom is 0.0929 e. The minimum Gasteiger partial charge on any atom is -0.155 e. The molecule has 0 radical (unpaired) electrons. The fourth-order valence-corrected chi connectivity index (χ4v) is 4.44. The standard InChI is InChI=1S/C25H36N2/c1-3-5-7-21-12-15-23(16-13-21)25-19-18-24(26-27-25)17-14-22-10-8-20(6-4-2)9-11-22/h12-13,15-16,18-20,22H,3-11,14,17H2,1-2H3. The average Bonchev–Trinajstić information content (AvgIpc) is 2.73. The number of benzene rings is 1. The van der Waals surface area contributed by atoms with Crippen molar-refractivity contribution in [3.8, 4) is 11.3 Å². The summed E-state index contributed by atoms with van der Waals surface area (Å²) in [7, 11) is 0. The van der Waals surface area contributed by atoms with E-state index in [1.165, 1.54) is 75.3 Å². The molecule has 2 heteroatoms. The molecule has 0 bridgehead atoms. The van der Waals surface area contributed by atoms with Crippen molar-refractivity contribution in [3.05, 3.63) is 47.7 Å². The minimum absolute atomic E-state index is 0.898. The van der Waals surface area contributed by atoms with Crippen molar-refractivity contribution in [1.82, 2.24) is 10.2 Å². The van der Waals surface area contributed by atoms with Crippen LogP contribution in [0.25, 0.3) is 11.3 Å². The van der Waals surface area contributed by atoms with E-state index >= 15 is 0 Å². The molecular weight excluding hydrogens is 328 g/mol. The van der Waals surface area contributed by atoms with Crippen LogP contribution in [0.4, 0.5) is 0 Å². The number of aryl methyl sites for hydroxylation is 2. The summed E-state index contributed by atoms with van der Waals surface area (Å²) in [5.41, 5.74) is 4.72. The third-order valence-electron chi connectivity index (χ3n) is 6.26. The smallest absolute Gasteiger partial charge is 0.0929 e. The van der Waals surface area contributed by atoms with Gasteiger partial charge in [-0.05, 0) is 55.2 Å². The summed E-state index contributed by atoms with van der Waals surface area (Å²) in [5.74, 6) is 1.90. The molecule has 0 unspecified atom stereocenters. The van der Waals surface area contributed by atoms with Gasteiger partial charge in [0.1, 0.15) is 0 Å². The topological polar surface area (TPSA) is 25.8 Å². The van der Waals surface area contributed by atoms with E-state index in [2.05, 4.69) is 60.4 Å². The predicted octanol–water partition coefficient (Wildman–Crippen LogP) is 7.03. The molecule has 1 saturated carbocycles. The van der Waals surface area contributed by atoms with E-state index < -0.39 is 0 Å². The Morgan fingerprint density at radius 3 is 2.04 bits per heavy atom. The van der Waals surface area contributed by atoms with Gasteiger partial charge in [0.05, 0.1) is 11.4 Å². The summed E-state index contributed by atoms with van der Waals surface area (Å²) in [5, 5.41) is 9.00. The van der Waals surface area contributed by atoms with Crippen molar-refractivity contribution in [3.63, 3.8) is 0 Å². The summed E-state index contributed by atoms with van der Waals surface area (Å²) >= 11 is 0. The fourth-order valence-electron chi connectivity index (χ4n) is 4.44. The van der Waals surface area contributed by atoms with Crippen molar-refractivity contribution in [1.29, 1.82) is 0 Å². The molecule has 0 saturated heterocycles. The molecule has 0 amide bonds. The number of nitrogens with zero attached hydrogens (tertiary/aromatic N) is 2. The van der Waals surface area contributed by atoms with Crippen molar-refractivity contribution in [2.24, 2.45) is 11.8 Å². The van der Waals surface area contributed by atoms with Crippen LogP contribution in [0.2, 0.25) is 0 Å². The highest BCUT2D eigenvalue weighted by molar-refractivity contribution is 5.58. The molecule has 146 valence electrons. The van der Waals surface area contributed by atoms with Gasteiger partial charge in [-0.3, -0.25) is 0 Å². The van der Waals surface area contributed by atoms with Crippen molar-refractivity contribution in [2.45, 2.75) is 84.5 Å². The van der Waals surface area contributed by atoms with E-state index in [0.717, 1.165) is 29.6 Å². The lowest BCUT2D eigenvalue weighted by atomic mass is 9.78. The van der Waals surface area contributed by atoms with E-state index in [9.17, 15) is 0 Å². The second-order valence-corrected chi connectivity index (χ2v) is 8.42. The van der Waals surface area contributed by atoms with Gasteiger partial charge in [-0.25, -0.2) is 0 Å². The molecule has 1 aliphatic carbocycles. The Morgan fingerprint density at radius 1 is 0.741 bits per heavy atom. The predicted molar refractivity (Wildman–Crippen MR) is 115 cm³/mol. The summed E-state index contributed by atoms with van der Waals surface area (Å²) in [4.78, 5) is 0. The van der Waals surface area contributed by atoms with Crippen LogP contribution < -0.4 is 0 Å². The molecule has 1 aliphatic rings. The van der Waals surface area contributed by atoms with Crippen molar-refractivity contribution >= 4 is 0 Å². The molecule has 3 rings (SSSR count). The van der Waals surface area contributed by atoms with Gasteiger partial charge >= 0.3 is 0 Å². The first-order chi connectivity index (χ1) is 13.3. The first kappa shape index (κ1) is 20.0. The summed E-state index contributed by atoms with van der Waals surface area (Å²) in [6.45, 7) is 4.55. The van der Waals surface area contributed by atoms with E-state index in [0.29, 0.717) is 0 Å². The molecule has 1 fully saturated rings. The summed E-state index contributed by atoms with van der Waals surface area (Å²) < 4.78 is 0. The molecule has 1 aromatic carbocycles. The highest BCUT2D eigenvalue weighted by Crippen LogP contribution is 2.33. The lowest BCUT2D eigenvalue weighted by molar-refractivity contribution is 0.252. The van der Waals surface area contributed by atoms with Crippen LogP contribution in [0, 0.1) is 11.8 Å². The molecular formula is C25H36N2. The highest BCUT2D eigenvalue weighted by Gasteiger charge is 2.20. The second kappa shape index (κ2) is 10.6. The van der Waals surface area contributed by atoms with Gasteiger partial charge in [0.2, 0.25) is 0 Å². The third kappa shape index (κ3) is 6.16. The quantitative estimate of drug-likeness (QED) is 0.477. The van der Waals surface area contributed by atoms with Crippen molar-refractivity contribution in [2.75, 3.05) is 0 Å². The van der Waals surface area contributed by atoms with Crippen LogP contribution in [-0.4, -0.2) is 10.2 Å². The monoisotopic (exact) mass is 364 g/mol. The summed E-state index contributed by atoms with van der Waals surface area (Å²) in [6, 6.07) is 13.1. The Balaban J connectivity index is 1.47. The van der Waals surface area contributed by atoms with Crippen LogP contribution in [0.3, 0.4) is 0 Å². The third-order valence-corrected chi connectivity index (χ3v) is 6.26. The Kier molecular flexibility index (Phi) is 7.86. The van der Waals surface area contributed by atoms with Gasteiger partial charge in [-0.15, -0.1) is 0 Å². The molecule has 2 nitrogen and oxygen atoms in total.